The van der Waals surface area contributed by atoms with Crippen molar-refractivity contribution in [2.75, 3.05) is 6.61 Å². The second-order valence-electron chi connectivity index (χ2n) is 5.81. The Morgan fingerprint density at radius 3 is 2.44 bits per heavy atom. The molecule has 0 N–H and O–H groups in total. The summed E-state index contributed by atoms with van der Waals surface area (Å²) in [6.07, 6.45) is 0. The van der Waals surface area contributed by atoms with E-state index in [1.54, 1.807) is 6.07 Å². The predicted molar refractivity (Wildman–Crippen MR) is 94.5 cm³/mol. The fourth-order valence-corrected chi connectivity index (χ4v) is 2.35. The Bertz CT molecular complexity index is 787. The Morgan fingerprint density at radius 1 is 1.24 bits per heavy atom. The Balaban J connectivity index is 2.02. The second-order valence-corrected chi connectivity index (χ2v) is 6.21. The van der Waals surface area contributed by atoms with E-state index >= 15 is 0 Å². The van der Waals surface area contributed by atoms with Crippen LogP contribution < -0.4 is 9.47 Å². The molecule has 25 heavy (non-hydrogen) atoms. The minimum atomic E-state index is -0.601. The van der Waals surface area contributed by atoms with Crippen LogP contribution in [0, 0.1) is 17.0 Å². The summed E-state index contributed by atoms with van der Waals surface area (Å²) in [5.41, 5.74) is 1.68. The maximum atomic E-state index is 11.9. The molecule has 0 unspecified atom stereocenters. The molecule has 6 nitrogen and oxygen atoms in total. The largest absolute Gasteiger partial charge is 0.482 e. The van der Waals surface area contributed by atoms with E-state index in [-0.39, 0.29) is 24.0 Å². The summed E-state index contributed by atoms with van der Waals surface area (Å²) in [5.74, 6) is 0.378. The molecule has 0 amide bonds. The predicted octanol–water partition coefficient (Wildman–Crippen LogP) is 4.66. The molecule has 132 valence electrons. The molecule has 0 aromatic heterocycles. The molecule has 0 aliphatic rings. The van der Waals surface area contributed by atoms with Gasteiger partial charge >= 0.3 is 5.97 Å². The third kappa shape index (κ3) is 4.93. The molecule has 0 spiro atoms. The summed E-state index contributed by atoms with van der Waals surface area (Å²) < 4.78 is 10.7. The zero-order chi connectivity index (χ0) is 18.6. The molecule has 2 aromatic carbocycles. The third-order valence-corrected chi connectivity index (χ3v) is 3.95. The van der Waals surface area contributed by atoms with Gasteiger partial charge in [-0.2, -0.15) is 0 Å². The van der Waals surface area contributed by atoms with Crippen molar-refractivity contribution in [3.63, 3.8) is 0 Å². The molecule has 0 saturated heterocycles. The molecule has 0 bridgehead atoms. The van der Waals surface area contributed by atoms with Crippen LogP contribution in [0.25, 0.3) is 0 Å². The molecular weight excluding hydrogens is 346 g/mol. The van der Waals surface area contributed by atoms with Crippen LogP contribution in [0.5, 0.6) is 11.5 Å². The van der Waals surface area contributed by atoms with Crippen molar-refractivity contribution in [3.05, 3.63) is 62.7 Å². The van der Waals surface area contributed by atoms with Gasteiger partial charge in [0.2, 0.25) is 0 Å². The second kappa shape index (κ2) is 7.98. The lowest BCUT2D eigenvalue weighted by atomic mass is 10.0. The van der Waals surface area contributed by atoms with Crippen molar-refractivity contribution >= 4 is 23.3 Å². The molecule has 0 aliphatic carbocycles. The van der Waals surface area contributed by atoms with Crippen molar-refractivity contribution in [3.8, 4) is 11.5 Å². The summed E-state index contributed by atoms with van der Waals surface area (Å²) in [4.78, 5) is 22.0. The lowest BCUT2D eigenvalue weighted by Crippen LogP contribution is -2.18. The number of carbonyl (C=O) groups is 1. The third-order valence-electron chi connectivity index (χ3n) is 3.54. The molecule has 2 rings (SSSR count). The summed E-state index contributed by atoms with van der Waals surface area (Å²) in [6.45, 7) is 5.58. The fraction of sp³-hybridized carbons (Fsp3) is 0.278. The number of non-ortho nitro benzene ring substituents is 1. The average molecular weight is 364 g/mol. The number of carbonyl (C=O) groups excluding carboxylic acids is 1. The van der Waals surface area contributed by atoms with E-state index in [1.807, 2.05) is 26.8 Å². The number of esters is 1. The lowest BCUT2D eigenvalue weighted by molar-refractivity contribution is -0.384. The number of hydrogen-bond donors (Lipinski definition) is 0. The zero-order valence-electron chi connectivity index (χ0n) is 14.1. The van der Waals surface area contributed by atoms with E-state index < -0.39 is 10.9 Å². The van der Waals surface area contributed by atoms with Crippen LogP contribution in [0.4, 0.5) is 5.69 Å². The molecule has 0 atom stereocenters. The van der Waals surface area contributed by atoms with Gasteiger partial charge in [0, 0.05) is 17.2 Å². The Morgan fingerprint density at radius 2 is 1.88 bits per heavy atom. The van der Waals surface area contributed by atoms with Gasteiger partial charge in [0.15, 0.2) is 6.61 Å². The summed E-state index contributed by atoms with van der Waals surface area (Å²) in [6, 6.07) is 8.88. The van der Waals surface area contributed by atoms with Crippen LogP contribution in [-0.2, 0) is 4.79 Å². The van der Waals surface area contributed by atoms with Gasteiger partial charge in [-0.1, -0.05) is 25.4 Å². The SMILES string of the molecule is Cc1cc(OCC(=O)Oc2ccc([N+](=O)[O-])cc2)c(C(C)C)cc1Cl. The summed E-state index contributed by atoms with van der Waals surface area (Å²) >= 11 is 6.14. The highest BCUT2D eigenvalue weighted by molar-refractivity contribution is 6.31. The number of nitro groups is 1. The number of benzene rings is 2. The van der Waals surface area contributed by atoms with Gasteiger partial charge in [-0.25, -0.2) is 4.79 Å². The van der Waals surface area contributed by atoms with Crippen LogP contribution in [0.3, 0.4) is 0 Å². The van der Waals surface area contributed by atoms with Gasteiger partial charge in [-0.05, 0) is 48.2 Å². The highest BCUT2D eigenvalue weighted by atomic mass is 35.5. The lowest BCUT2D eigenvalue weighted by Gasteiger charge is -2.15. The van der Waals surface area contributed by atoms with E-state index in [0.29, 0.717) is 10.8 Å². The maximum absolute atomic E-state index is 11.9. The van der Waals surface area contributed by atoms with E-state index in [9.17, 15) is 14.9 Å². The molecule has 0 saturated carbocycles. The van der Waals surface area contributed by atoms with E-state index in [4.69, 9.17) is 21.1 Å². The fourth-order valence-electron chi connectivity index (χ4n) is 2.18. The minimum absolute atomic E-state index is 0.0748. The van der Waals surface area contributed by atoms with Crippen molar-refractivity contribution in [2.24, 2.45) is 0 Å². The van der Waals surface area contributed by atoms with Gasteiger partial charge < -0.3 is 9.47 Å². The Kier molecular flexibility index (Phi) is 5.98. The van der Waals surface area contributed by atoms with Gasteiger partial charge in [0.25, 0.3) is 5.69 Å². The highest BCUT2D eigenvalue weighted by Crippen LogP contribution is 2.32. The normalized spacial score (nSPS) is 10.6. The molecule has 0 fully saturated rings. The van der Waals surface area contributed by atoms with Crippen molar-refractivity contribution in [1.82, 2.24) is 0 Å². The first-order chi connectivity index (χ1) is 11.8. The summed E-state index contributed by atoms with van der Waals surface area (Å²) in [7, 11) is 0. The quantitative estimate of drug-likeness (QED) is 0.322. The standard InChI is InChI=1S/C18H18ClNO5/c1-11(2)15-9-16(19)12(3)8-17(15)24-10-18(21)25-14-6-4-13(5-7-14)20(22)23/h4-9,11H,10H2,1-3H3. The van der Waals surface area contributed by atoms with Crippen LogP contribution in [-0.4, -0.2) is 17.5 Å². The Hall–Kier alpha value is -2.60. The van der Waals surface area contributed by atoms with Gasteiger partial charge in [-0.3, -0.25) is 10.1 Å². The van der Waals surface area contributed by atoms with Crippen LogP contribution in [0.15, 0.2) is 36.4 Å². The average Bonchev–Trinajstić information content (AvgIpc) is 2.55. The van der Waals surface area contributed by atoms with E-state index in [2.05, 4.69) is 0 Å². The number of nitrogens with zero attached hydrogens (tertiary/aromatic N) is 1. The van der Waals surface area contributed by atoms with Gasteiger partial charge in [0.05, 0.1) is 4.92 Å². The van der Waals surface area contributed by atoms with Crippen LogP contribution >= 0.6 is 11.6 Å². The van der Waals surface area contributed by atoms with Crippen LogP contribution in [0.1, 0.15) is 30.9 Å². The first-order valence-corrected chi connectivity index (χ1v) is 8.03. The van der Waals surface area contributed by atoms with E-state index in [0.717, 1.165) is 11.1 Å². The molecular formula is C18H18ClNO5. The van der Waals surface area contributed by atoms with Crippen LogP contribution in [0.2, 0.25) is 5.02 Å². The van der Waals surface area contributed by atoms with E-state index in [1.165, 1.54) is 24.3 Å². The first kappa shape index (κ1) is 18.7. The zero-order valence-corrected chi connectivity index (χ0v) is 14.9. The topological polar surface area (TPSA) is 78.7 Å². The maximum Gasteiger partial charge on any atom is 0.349 e. The smallest absolute Gasteiger partial charge is 0.349 e. The molecule has 0 radical (unpaired) electrons. The molecule has 7 heteroatoms. The number of hydrogen-bond acceptors (Lipinski definition) is 5. The molecule has 0 aliphatic heterocycles. The number of ether oxygens (including phenoxy) is 2. The number of aryl methyl sites for hydroxylation is 1. The van der Waals surface area contributed by atoms with Crippen molar-refractivity contribution in [2.45, 2.75) is 26.7 Å². The number of rotatable bonds is 6. The Labute approximate surface area is 150 Å². The van der Waals surface area contributed by atoms with Crippen molar-refractivity contribution in [1.29, 1.82) is 0 Å². The summed E-state index contributed by atoms with van der Waals surface area (Å²) in [5, 5.41) is 11.2. The first-order valence-electron chi connectivity index (χ1n) is 7.66. The number of halogens is 1. The minimum Gasteiger partial charge on any atom is -0.482 e. The van der Waals surface area contributed by atoms with Gasteiger partial charge in [-0.15, -0.1) is 0 Å². The highest BCUT2D eigenvalue weighted by Gasteiger charge is 2.14. The van der Waals surface area contributed by atoms with Crippen molar-refractivity contribution < 1.29 is 19.2 Å². The number of nitro benzene ring substituents is 1. The molecule has 0 heterocycles. The molecule has 2 aromatic rings. The van der Waals surface area contributed by atoms with Gasteiger partial charge in [0.1, 0.15) is 11.5 Å². The monoisotopic (exact) mass is 363 g/mol.